The first-order valence-corrected chi connectivity index (χ1v) is 8.99. The minimum Gasteiger partial charge on any atom is -0.323 e. The van der Waals surface area contributed by atoms with Crippen molar-refractivity contribution in [2.75, 3.05) is 0 Å². The lowest BCUT2D eigenvalue weighted by Crippen LogP contribution is -2.25. The van der Waals surface area contributed by atoms with Crippen molar-refractivity contribution in [3.63, 3.8) is 0 Å². The SMILES string of the molecule is CCc1cc2c(=O)n(CC(=O)c3ccc(C)c(C)c3)c(=S)[nH]c2s1. The minimum atomic E-state index is -0.207. The maximum absolute atomic E-state index is 12.7. The molecule has 0 unspecified atom stereocenters. The van der Waals surface area contributed by atoms with Crippen molar-refractivity contribution < 1.29 is 4.79 Å². The van der Waals surface area contributed by atoms with Crippen LogP contribution in [0, 0.1) is 18.6 Å². The van der Waals surface area contributed by atoms with Gasteiger partial charge in [0.1, 0.15) is 4.83 Å². The fourth-order valence-corrected chi connectivity index (χ4v) is 3.86. The molecule has 0 atom stereocenters. The molecule has 124 valence electrons. The number of H-pyrrole nitrogens is 1. The number of thiophene rings is 1. The molecule has 0 aliphatic heterocycles. The normalized spacial score (nSPS) is 11.1. The van der Waals surface area contributed by atoms with Gasteiger partial charge in [0.25, 0.3) is 5.56 Å². The molecule has 6 heteroatoms. The van der Waals surface area contributed by atoms with Gasteiger partial charge in [0.05, 0.1) is 11.9 Å². The Kier molecular flexibility index (Phi) is 4.51. The molecule has 0 bridgehead atoms. The average Bonchev–Trinajstić information content (AvgIpc) is 2.97. The maximum atomic E-state index is 12.7. The van der Waals surface area contributed by atoms with Gasteiger partial charge in [0.15, 0.2) is 10.6 Å². The first kappa shape index (κ1) is 16.8. The Hall–Kier alpha value is -2.05. The van der Waals surface area contributed by atoms with Crippen molar-refractivity contribution in [3.8, 4) is 0 Å². The Balaban J connectivity index is 2.03. The highest BCUT2D eigenvalue weighted by Gasteiger charge is 2.13. The summed E-state index contributed by atoms with van der Waals surface area (Å²) in [5.74, 6) is -0.120. The topological polar surface area (TPSA) is 54.9 Å². The van der Waals surface area contributed by atoms with Gasteiger partial charge in [-0.2, -0.15) is 0 Å². The maximum Gasteiger partial charge on any atom is 0.263 e. The summed E-state index contributed by atoms with van der Waals surface area (Å²) in [6.07, 6.45) is 0.862. The van der Waals surface area contributed by atoms with Crippen LogP contribution in [0.3, 0.4) is 0 Å². The van der Waals surface area contributed by atoms with Gasteiger partial charge < -0.3 is 4.98 Å². The van der Waals surface area contributed by atoms with E-state index in [2.05, 4.69) is 4.98 Å². The number of carbonyl (C=O) groups is 1. The molecule has 2 aromatic heterocycles. The standard InChI is InChI=1S/C18H18N2O2S2/c1-4-13-8-14-16(24-13)19-18(23)20(17(14)22)9-15(21)12-6-5-10(2)11(3)7-12/h5-8H,4,9H2,1-3H3,(H,19,23). The van der Waals surface area contributed by atoms with Crippen molar-refractivity contribution in [2.24, 2.45) is 0 Å². The van der Waals surface area contributed by atoms with Crippen molar-refractivity contribution in [2.45, 2.75) is 33.7 Å². The predicted molar refractivity (Wildman–Crippen MR) is 101 cm³/mol. The summed E-state index contributed by atoms with van der Waals surface area (Å²) in [4.78, 5) is 30.2. The molecule has 2 heterocycles. The minimum absolute atomic E-state index is 0.0517. The average molecular weight is 358 g/mol. The van der Waals surface area contributed by atoms with Gasteiger partial charge >= 0.3 is 0 Å². The summed E-state index contributed by atoms with van der Waals surface area (Å²) in [5.41, 5.74) is 2.58. The largest absolute Gasteiger partial charge is 0.323 e. The van der Waals surface area contributed by atoms with Gasteiger partial charge in [0.2, 0.25) is 0 Å². The quantitative estimate of drug-likeness (QED) is 0.562. The summed E-state index contributed by atoms with van der Waals surface area (Å²) in [6, 6.07) is 7.45. The molecule has 4 nitrogen and oxygen atoms in total. The van der Waals surface area contributed by atoms with E-state index in [1.54, 1.807) is 6.07 Å². The molecule has 0 saturated carbocycles. The van der Waals surface area contributed by atoms with Gasteiger partial charge in [-0.3, -0.25) is 14.2 Å². The van der Waals surface area contributed by atoms with Crippen molar-refractivity contribution in [3.05, 3.63) is 61.0 Å². The summed E-state index contributed by atoms with van der Waals surface area (Å²) >= 11 is 6.82. The first-order chi connectivity index (χ1) is 11.4. The molecule has 3 rings (SSSR count). The second kappa shape index (κ2) is 6.45. The lowest BCUT2D eigenvalue weighted by molar-refractivity contribution is 0.0970. The number of carbonyl (C=O) groups excluding carboxylic acids is 1. The Labute approximate surface area is 148 Å². The highest BCUT2D eigenvalue weighted by Crippen LogP contribution is 2.21. The number of hydrogen-bond donors (Lipinski definition) is 1. The number of rotatable bonds is 4. The number of nitrogens with one attached hydrogen (secondary N) is 1. The Morgan fingerprint density at radius 1 is 1.25 bits per heavy atom. The number of aryl methyl sites for hydroxylation is 3. The summed E-state index contributed by atoms with van der Waals surface area (Å²) in [5, 5.41) is 0.596. The van der Waals surface area contributed by atoms with E-state index in [0.717, 1.165) is 27.3 Å². The molecule has 24 heavy (non-hydrogen) atoms. The van der Waals surface area contributed by atoms with Crippen LogP contribution in [-0.2, 0) is 13.0 Å². The molecule has 0 radical (unpaired) electrons. The number of aromatic nitrogens is 2. The van der Waals surface area contributed by atoms with Gasteiger partial charge in [0, 0.05) is 10.4 Å². The zero-order chi connectivity index (χ0) is 17.4. The van der Waals surface area contributed by atoms with Crippen LogP contribution in [0.1, 0.15) is 33.3 Å². The highest BCUT2D eigenvalue weighted by molar-refractivity contribution is 7.71. The number of ketones is 1. The highest BCUT2D eigenvalue weighted by atomic mass is 32.1. The van der Waals surface area contributed by atoms with Crippen LogP contribution in [0.15, 0.2) is 29.1 Å². The fourth-order valence-electron chi connectivity index (χ4n) is 2.56. The summed E-state index contributed by atoms with van der Waals surface area (Å²) in [6.45, 7) is 5.96. The zero-order valence-corrected chi connectivity index (χ0v) is 15.4. The molecule has 0 saturated heterocycles. The second-order valence-electron chi connectivity index (χ2n) is 5.85. The first-order valence-electron chi connectivity index (χ1n) is 7.76. The van der Waals surface area contributed by atoms with Crippen molar-refractivity contribution in [1.82, 2.24) is 9.55 Å². The van der Waals surface area contributed by atoms with Crippen LogP contribution in [0.4, 0.5) is 0 Å². The summed E-state index contributed by atoms with van der Waals surface area (Å²) < 4.78 is 1.63. The number of Topliss-reactive ketones (excluding diaryl/α,β-unsaturated/α-hetero) is 1. The van der Waals surface area contributed by atoms with Crippen LogP contribution in [0.2, 0.25) is 0 Å². The molecule has 0 amide bonds. The van der Waals surface area contributed by atoms with Crippen LogP contribution in [0.25, 0.3) is 10.2 Å². The zero-order valence-electron chi connectivity index (χ0n) is 13.8. The molecule has 3 aromatic rings. The third kappa shape index (κ3) is 2.99. The van der Waals surface area contributed by atoms with Gasteiger partial charge in [-0.25, -0.2) is 0 Å². The van der Waals surface area contributed by atoms with E-state index < -0.39 is 0 Å². The van der Waals surface area contributed by atoms with E-state index in [1.165, 1.54) is 15.9 Å². The molecule has 0 aliphatic carbocycles. The molecule has 1 N–H and O–H groups in total. The van der Waals surface area contributed by atoms with Gasteiger partial charge in [-0.15, -0.1) is 11.3 Å². The molecule has 0 spiro atoms. The van der Waals surface area contributed by atoms with E-state index in [9.17, 15) is 9.59 Å². The van der Waals surface area contributed by atoms with E-state index in [1.807, 2.05) is 39.0 Å². The van der Waals surface area contributed by atoms with Crippen LogP contribution in [0.5, 0.6) is 0 Å². The number of fused-ring (bicyclic) bond motifs is 1. The number of hydrogen-bond acceptors (Lipinski definition) is 4. The van der Waals surface area contributed by atoms with Gasteiger partial charge in [-0.05, 0) is 55.7 Å². The molecule has 0 aliphatic rings. The van der Waals surface area contributed by atoms with Crippen LogP contribution in [-0.4, -0.2) is 15.3 Å². The Morgan fingerprint density at radius 2 is 2.00 bits per heavy atom. The van der Waals surface area contributed by atoms with E-state index in [4.69, 9.17) is 12.2 Å². The van der Waals surface area contributed by atoms with Crippen molar-refractivity contribution in [1.29, 1.82) is 0 Å². The molecule has 1 aromatic carbocycles. The molecule has 0 fully saturated rings. The Morgan fingerprint density at radius 3 is 2.67 bits per heavy atom. The summed E-state index contributed by atoms with van der Waals surface area (Å²) in [7, 11) is 0. The third-order valence-electron chi connectivity index (χ3n) is 4.20. The lowest BCUT2D eigenvalue weighted by Gasteiger charge is -2.07. The molecular weight excluding hydrogens is 340 g/mol. The van der Waals surface area contributed by atoms with Crippen LogP contribution >= 0.6 is 23.6 Å². The van der Waals surface area contributed by atoms with Crippen LogP contribution < -0.4 is 5.56 Å². The third-order valence-corrected chi connectivity index (χ3v) is 5.72. The predicted octanol–water partition coefficient (Wildman–Crippen LogP) is 4.18. The van der Waals surface area contributed by atoms with E-state index in [0.29, 0.717) is 10.9 Å². The van der Waals surface area contributed by atoms with Crippen molar-refractivity contribution >= 4 is 39.6 Å². The monoisotopic (exact) mass is 358 g/mol. The number of aromatic amines is 1. The molecular formula is C18H18N2O2S2. The number of benzene rings is 1. The van der Waals surface area contributed by atoms with E-state index >= 15 is 0 Å². The second-order valence-corrected chi connectivity index (χ2v) is 7.38. The number of nitrogens with zero attached hydrogens (tertiary/aromatic N) is 1. The van der Waals surface area contributed by atoms with Gasteiger partial charge in [-0.1, -0.05) is 19.1 Å². The fraction of sp³-hybridized carbons (Fsp3) is 0.278. The lowest BCUT2D eigenvalue weighted by atomic mass is 10.0. The smallest absolute Gasteiger partial charge is 0.263 e. The Bertz CT molecular complexity index is 1060. The van der Waals surface area contributed by atoms with E-state index in [-0.39, 0.29) is 22.7 Å².